The molecule has 3 aromatic rings. The molecule has 1 N–H and O–H groups in total. The summed E-state index contributed by atoms with van der Waals surface area (Å²) < 4.78 is 10.9. The lowest BCUT2D eigenvalue weighted by atomic mass is 10.0. The molecule has 152 valence electrons. The first-order valence-electron chi connectivity index (χ1n) is 9.54. The molecule has 1 amide bonds. The summed E-state index contributed by atoms with van der Waals surface area (Å²) in [5.41, 5.74) is 2.23. The maximum absolute atomic E-state index is 12.4. The summed E-state index contributed by atoms with van der Waals surface area (Å²) in [5.74, 6) is 1.55. The summed E-state index contributed by atoms with van der Waals surface area (Å²) >= 11 is 0. The van der Waals surface area contributed by atoms with Crippen LogP contribution in [-0.4, -0.2) is 23.7 Å². The normalized spacial score (nSPS) is 15.1. The van der Waals surface area contributed by atoms with Gasteiger partial charge < -0.3 is 19.6 Å². The zero-order valence-corrected chi connectivity index (χ0v) is 16.4. The van der Waals surface area contributed by atoms with Crippen LogP contribution in [0.3, 0.4) is 0 Å². The fraction of sp³-hybridized carbons (Fsp3) is 0.174. The number of aromatic nitrogens is 1. The van der Waals surface area contributed by atoms with E-state index in [1.165, 1.54) is 0 Å². The van der Waals surface area contributed by atoms with Crippen molar-refractivity contribution in [2.45, 2.75) is 19.1 Å². The van der Waals surface area contributed by atoms with Crippen molar-refractivity contribution in [3.63, 3.8) is 0 Å². The van der Waals surface area contributed by atoms with Gasteiger partial charge in [-0.25, -0.2) is 4.98 Å². The van der Waals surface area contributed by atoms with E-state index in [1.54, 1.807) is 25.4 Å². The van der Waals surface area contributed by atoms with E-state index < -0.39 is 0 Å². The molecule has 0 saturated heterocycles. The molecule has 0 fully saturated rings. The first kappa shape index (κ1) is 19.4. The van der Waals surface area contributed by atoms with Crippen molar-refractivity contribution in [1.29, 1.82) is 0 Å². The number of pyridine rings is 1. The van der Waals surface area contributed by atoms with Crippen LogP contribution in [0.25, 0.3) is 0 Å². The van der Waals surface area contributed by atoms with Gasteiger partial charge in [0.1, 0.15) is 17.2 Å². The number of hydrogen-bond acceptors (Lipinski definition) is 6. The second kappa shape index (κ2) is 9.09. The van der Waals surface area contributed by atoms with Crippen LogP contribution in [0.15, 0.2) is 78.1 Å². The van der Waals surface area contributed by atoms with Crippen molar-refractivity contribution < 1.29 is 19.1 Å². The van der Waals surface area contributed by atoms with E-state index in [-0.39, 0.29) is 12.0 Å². The molecule has 0 bridgehead atoms. The van der Waals surface area contributed by atoms with E-state index >= 15 is 0 Å². The number of nitrogens with one attached hydrogen (secondary N) is 1. The van der Waals surface area contributed by atoms with Crippen LogP contribution in [0.2, 0.25) is 0 Å². The van der Waals surface area contributed by atoms with Gasteiger partial charge in [-0.1, -0.05) is 47.6 Å². The van der Waals surface area contributed by atoms with E-state index in [0.29, 0.717) is 36.1 Å². The Hall–Kier alpha value is -3.87. The third kappa shape index (κ3) is 4.75. The van der Waals surface area contributed by atoms with Crippen LogP contribution in [0.5, 0.6) is 17.4 Å². The molecule has 0 saturated carbocycles. The van der Waals surface area contributed by atoms with Gasteiger partial charge in [0, 0.05) is 31.3 Å². The number of amides is 1. The van der Waals surface area contributed by atoms with Gasteiger partial charge in [-0.05, 0) is 23.3 Å². The van der Waals surface area contributed by atoms with Gasteiger partial charge in [-0.3, -0.25) is 4.79 Å². The fourth-order valence-corrected chi connectivity index (χ4v) is 3.00. The Kier molecular flexibility index (Phi) is 5.89. The number of rotatable bonds is 7. The van der Waals surface area contributed by atoms with Crippen molar-refractivity contribution in [2.24, 2.45) is 5.16 Å². The van der Waals surface area contributed by atoms with Gasteiger partial charge in [-0.2, -0.15) is 0 Å². The third-order valence-electron chi connectivity index (χ3n) is 4.62. The van der Waals surface area contributed by atoms with Crippen molar-refractivity contribution in [3.05, 3.63) is 84.1 Å². The summed E-state index contributed by atoms with van der Waals surface area (Å²) in [7, 11) is 1.60. The van der Waals surface area contributed by atoms with Crippen molar-refractivity contribution in [3.8, 4) is 17.4 Å². The third-order valence-corrected chi connectivity index (χ3v) is 4.62. The Morgan fingerprint density at radius 1 is 1.10 bits per heavy atom. The van der Waals surface area contributed by atoms with Gasteiger partial charge >= 0.3 is 0 Å². The SMILES string of the molecule is COc1cccc(Oc2ccc(CNC(=O)C3=NOC(c4ccccc4)C3)cn2)c1. The lowest BCUT2D eigenvalue weighted by Gasteiger charge is -2.08. The average Bonchev–Trinajstić information content (AvgIpc) is 3.30. The number of benzene rings is 2. The highest BCUT2D eigenvalue weighted by molar-refractivity contribution is 6.39. The van der Waals surface area contributed by atoms with Crippen molar-refractivity contribution >= 4 is 11.6 Å². The van der Waals surface area contributed by atoms with Crippen LogP contribution < -0.4 is 14.8 Å². The molecule has 2 aromatic carbocycles. The number of nitrogens with zero attached hydrogens (tertiary/aromatic N) is 2. The quantitative estimate of drug-likeness (QED) is 0.644. The molecule has 2 heterocycles. The summed E-state index contributed by atoms with van der Waals surface area (Å²) in [5, 5.41) is 6.79. The molecule has 0 aliphatic carbocycles. The summed E-state index contributed by atoms with van der Waals surface area (Å²) in [6.45, 7) is 0.334. The molecule has 1 aliphatic heterocycles. The number of carbonyl (C=O) groups excluding carboxylic acids is 1. The second-order valence-electron chi connectivity index (χ2n) is 6.72. The lowest BCUT2D eigenvalue weighted by Crippen LogP contribution is -2.29. The van der Waals surface area contributed by atoms with Gasteiger partial charge in [0.25, 0.3) is 5.91 Å². The minimum absolute atomic E-state index is 0.221. The molecule has 4 rings (SSSR count). The molecule has 1 aromatic heterocycles. The maximum atomic E-state index is 12.4. The van der Waals surface area contributed by atoms with Crippen molar-refractivity contribution in [2.75, 3.05) is 7.11 Å². The van der Waals surface area contributed by atoms with E-state index in [1.807, 2.05) is 54.6 Å². The van der Waals surface area contributed by atoms with E-state index in [9.17, 15) is 4.79 Å². The number of methoxy groups -OCH3 is 1. The number of ether oxygens (including phenoxy) is 2. The minimum atomic E-state index is -0.245. The highest BCUT2D eigenvalue weighted by atomic mass is 16.6. The summed E-state index contributed by atoms with van der Waals surface area (Å²) in [6.07, 6.45) is 1.89. The number of hydrogen-bond donors (Lipinski definition) is 1. The zero-order valence-electron chi connectivity index (χ0n) is 16.4. The predicted molar refractivity (Wildman–Crippen MR) is 111 cm³/mol. The molecule has 0 spiro atoms. The molecule has 0 radical (unpaired) electrons. The van der Waals surface area contributed by atoms with Gasteiger partial charge in [0.15, 0.2) is 6.10 Å². The molecule has 30 heavy (non-hydrogen) atoms. The molecule has 1 unspecified atom stereocenters. The average molecular weight is 403 g/mol. The number of oxime groups is 1. The van der Waals surface area contributed by atoms with E-state index in [4.69, 9.17) is 14.3 Å². The standard InChI is InChI=1S/C23H21N3O4/c1-28-18-8-5-9-19(12-18)29-22-11-10-16(14-24-22)15-25-23(27)20-13-21(30-26-20)17-6-3-2-4-7-17/h2-12,14,21H,13,15H2,1H3,(H,25,27). The Labute approximate surface area is 174 Å². The Morgan fingerprint density at radius 2 is 1.93 bits per heavy atom. The Bertz CT molecular complexity index is 1040. The lowest BCUT2D eigenvalue weighted by molar-refractivity contribution is -0.115. The van der Waals surface area contributed by atoms with Crippen LogP contribution in [0, 0.1) is 0 Å². The zero-order chi connectivity index (χ0) is 20.8. The summed E-state index contributed by atoms with van der Waals surface area (Å²) in [6, 6.07) is 20.6. The van der Waals surface area contributed by atoms with Gasteiger partial charge in [-0.15, -0.1) is 0 Å². The first-order chi connectivity index (χ1) is 14.7. The largest absolute Gasteiger partial charge is 0.497 e. The second-order valence-corrected chi connectivity index (χ2v) is 6.72. The molecular weight excluding hydrogens is 382 g/mol. The van der Waals surface area contributed by atoms with Gasteiger partial charge in [0.2, 0.25) is 5.88 Å². The fourth-order valence-electron chi connectivity index (χ4n) is 3.00. The van der Waals surface area contributed by atoms with Crippen LogP contribution in [-0.2, 0) is 16.2 Å². The smallest absolute Gasteiger partial charge is 0.269 e. The van der Waals surface area contributed by atoms with Crippen LogP contribution >= 0.6 is 0 Å². The molecule has 7 nitrogen and oxygen atoms in total. The highest BCUT2D eigenvalue weighted by Gasteiger charge is 2.27. The van der Waals surface area contributed by atoms with E-state index in [2.05, 4.69) is 15.5 Å². The van der Waals surface area contributed by atoms with Gasteiger partial charge in [0.05, 0.1) is 7.11 Å². The summed E-state index contributed by atoms with van der Waals surface area (Å²) in [4.78, 5) is 22.1. The number of carbonyl (C=O) groups is 1. The molecule has 7 heteroatoms. The molecular formula is C23H21N3O4. The van der Waals surface area contributed by atoms with Crippen LogP contribution in [0.1, 0.15) is 23.7 Å². The predicted octanol–water partition coefficient (Wildman–Crippen LogP) is 4.02. The maximum Gasteiger partial charge on any atom is 0.269 e. The molecule has 1 aliphatic rings. The van der Waals surface area contributed by atoms with E-state index in [0.717, 1.165) is 11.1 Å². The Morgan fingerprint density at radius 3 is 2.70 bits per heavy atom. The van der Waals surface area contributed by atoms with Crippen LogP contribution in [0.4, 0.5) is 0 Å². The Balaban J connectivity index is 1.28. The first-order valence-corrected chi connectivity index (χ1v) is 9.54. The monoisotopic (exact) mass is 403 g/mol. The molecule has 1 atom stereocenters. The topological polar surface area (TPSA) is 82.0 Å². The minimum Gasteiger partial charge on any atom is -0.497 e. The van der Waals surface area contributed by atoms with Crippen molar-refractivity contribution in [1.82, 2.24) is 10.3 Å². The highest BCUT2D eigenvalue weighted by Crippen LogP contribution is 2.27.